The van der Waals surface area contributed by atoms with Crippen LogP contribution in [0.2, 0.25) is 0 Å². The first-order valence-corrected chi connectivity index (χ1v) is 10.2. The lowest BCUT2D eigenvalue weighted by Crippen LogP contribution is -2.45. The zero-order chi connectivity index (χ0) is 19.4. The summed E-state index contributed by atoms with van der Waals surface area (Å²) in [5.74, 6) is 0.164. The van der Waals surface area contributed by atoms with E-state index < -0.39 is 16.1 Å². The van der Waals surface area contributed by atoms with Crippen molar-refractivity contribution in [3.05, 3.63) is 53.9 Å². The largest absolute Gasteiger partial charge is 0.497 e. The number of methoxy groups -OCH3 is 1. The Kier molecular flexibility index (Phi) is 5.76. The maximum Gasteiger partial charge on any atom is 0.244 e. The first kappa shape index (κ1) is 19.3. The monoisotopic (exact) mass is 389 g/mol. The maximum atomic E-state index is 13.2. The highest BCUT2D eigenvalue weighted by molar-refractivity contribution is 7.89. The van der Waals surface area contributed by atoms with Crippen molar-refractivity contribution >= 4 is 15.9 Å². The van der Waals surface area contributed by atoms with Gasteiger partial charge < -0.3 is 10.1 Å². The van der Waals surface area contributed by atoms with Gasteiger partial charge in [-0.3, -0.25) is 9.78 Å². The fourth-order valence-electron chi connectivity index (χ4n) is 3.20. The predicted molar refractivity (Wildman–Crippen MR) is 101 cm³/mol. The minimum Gasteiger partial charge on any atom is -0.497 e. The molecule has 1 aromatic heterocycles. The fraction of sp³-hybridized carbons (Fsp3) is 0.368. The normalized spacial score (nSPS) is 17.6. The number of hydrogen-bond donors (Lipinski definition) is 1. The highest BCUT2D eigenvalue weighted by atomic mass is 32.2. The molecule has 1 aliphatic rings. The molecule has 8 heteroatoms. The Hall–Kier alpha value is -2.45. The molecule has 0 saturated carbocycles. The molecule has 1 N–H and O–H groups in total. The summed E-state index contributed by atoms with van der Waals surface area (Å²) in [6, 6.07) is 9.66. The van der Waals surface area contributed by atoms with Gasteiger partial charge in [-0.1, -0.05) is 12.1 Å². The minimum absolute atomic E-state index is 0.172. The van der Waals surface area contributed by atoms with Crippen LogP contribution in [0.25, 0.3) is 0 Å². The highest BCUT2D eigenvalue weighted by Crippen LogP contribution is 2.30. The molecule has 0 bridgehead atoms. The number of ether oxygens (including phenoxy) is 1. The van der Waals surface area contributed by atoms with Crippen molar-refractivity contribution in [1.82, 2.24) is 14.6 Å². The van der Waals surface area contributed by atoms with Crippen LogP contribution < -0.4 is 10.1 Å². The molecule has 27 heavy (non-hydrogen) atoms. The molecule has 0 aliphatic carbocycles. The van der Waals surface area contributed by atoms with Gasteiger partial charge in [-0.15, -0.1) is 0 Å². The summed E-state index contributed by atoms with van der Waals surface area (Å²) < 4.78 is 32.8. The first-order valence-electron chi connectivity index (χ1n) is 8.77. The average molecular weight is 389 g/mol. The summed E-state index contributed by atoms with van der Waals surface area (Å²) in [7, 11) is -2.31. The second-order valence-electron chi connectivity index (χ2n) is 6.44. The number of nitrogens with one attached hydrogen (secondary N) is 1. The molecule has 0 spiro atoms. The molecule has 1 amide bonds. The van der Waals surface area contributed by atoms with Crippen LogP contribution in [0.1, 0.15) is 24.1 Å². The van der Waals surface area contributed by atoms with Crippen molar-refractivity contribution in [3.8, 4) is 5.75 Å². The van der Waals surface area contributed by atoms with Crippen molar-refractivity contribution in [1.29, 1.82) is 0 Å². The number of carbonyl (C=O) groups is 1. The average Bonchev–Trinajstić information content (AvgIpc) is 3.18. The molecule has 1 saturated heterocycles. The first-order chi connectivity index (χ1) is 12.9. The van der Waals surface area contributed by atoms with Gasteiger partial charge in [-0.25, -0.2) is 8.42 Å². The van der Waals surface area contributed by atoms with Gasteiger partial charge in [0.25, 0.3) is 0 Å². The molecule has 1 aliphatic heterocycles. The van der Waals surface area contributed by atoms with Crippen LogP contribution in [0.15, 0.2) is 47.5 Å². The Morgan fingerprint density at radius 2 is 2.15 bits per heavy atom. The van der Waals surface area contributed by atoms with Crippen molar-refractivity contribution < 1.29 is 17.9 Å². The van der Waals surface area contributed by atoms with E-state index in [1.807, 2.05) is 12.1 Å². The standard InChI is InChI=1S/C19H23N3O4S/c1-14-8-9-16(26-2)12-18(14)27(24,25)22-11-5-7-17(22)19(23)21-13-15-6-3-4-10-20-15/h3-4,6,8-10,12,17H,5,7,11,13H2,1-2H3,(H,21,23). The van der Waals surface area contributed by atoms with Crippen molar-refractivity contribution in [2.75, 3.05) is 13.7 Å². The fourth-order valence-corrected chi connectivity index (χ4v) is 5.10. The maximum absolute atomic E-state index is 13.2. The number of hydrogen-bond acceptors (Lipinski definition) is 5. The molecule has 1 aromatic carbocycles. The van der Waals surface area contributed by atoms with Crippen LogP contribution in [0.3, 0.4) is 0 Å². The minimum atomic E-state index is -3.80. The van der Waals surface area contributed by atoms with Gasteiger partial charge in [-0.05, 0) is 43.5 Å². The van der Waals surface area contributed by atoms with Crippen molar-refractivity contribution in [2.24, 2.45) is 0 Å². The number of amides is 1. The number of carbonyl (C=O) groups excluding carboxylic acids is 1. The lowest BCUT2D eigenvalue weighted by atomic mass is 10.2. The third-order valence-electron chi connectivity index (χ3n) is 4.66. The molecule has 3 rings (SSSR count). The molecule has 1 unspecified atom stereocenters. The van der Waals surface area contributed by atoms with E-state index in [2.05, 4.69) is 10.3 Å². The summed E-state index contributed by atoms with van der Waals surface area (Å²) >= 11 is 0. The van der Waals surface area contributed by atoms with Gasteiger partial charge in [0.1, 0.15) is 11.8 Å². The Labute approximate surface area is 159 Å². The molecule has 144 valence electrons. The zero-order valence-electron chi connectivity index (χ0n) is 15.4. The molecular formula is C19H23N3O4S. The Morgan fingerprint density at radius 1 is 1.33 bits per heavy atom. The van der Waals surface area contributed by atoms with Crippen LogP contribution in [-0.2, 0) is 21.4 Å². The molecule has 2 aromatic rings. The van der Waals surface area contributed by atoms with Gasteiger partial charge in [0.2, 0.25) is 15.9 Å². The summed E-state index contributed by atoms with van der Waals surface area (Å²) in [6.45, 7) is 2.32. The number of benzene rings is 1. The Morgan fingerprint density at radius 3 is 2.85 bits per heavy atom. The molecule has 1 fully saturated rings. The van der Waals surface area contributed by atoms with E-state index in [1.165, 1.54) is 17.5 Å². The summed E-state index contributed by atoms with van der Waals surface area (Å²) in [6.07, 6.45) is 2.79. The third-order valence-corrected chi connectivity index (χ3v) is 6.71. The number of pyridine rings is 1. The second kappa shape index (κ2) is 8.06. The molecule has 1 atom stereocenters. The van der Waals surface area contributed by atoms with E-state index >= 15 is 0 Å². The number of aryl methyl sites for hydroxylation is 1. The quantitative estimate of drug-likeness (QED) is 0.815. The number of sulfonamides is 1. The molecule has 2 heterocycles. The zero-order valence-corrected chi connectivity index (χ0v) is 16.2. The SMILES string of the molecule is COc1ccc(C)c(S(=O)(=O)N2CCCC2C(=O)NCc2ccccn2)c1. The predicted octanol–water partition coefficient (Wildman–Crippen LogP) is 1.87. The smallest absolute Gasteiger partial charge is 0.244 e. The highest BCUT2D eigenvalue weighted by Gasteiger charge is 2.40. The number of rotatable bonds is 6. The van der Waals surface area contributed by atoms with Crippen LogP contribution in [0.5, 0.6) is 5.75 Å². The van der Waals surface area contributed by atoms with E-state index in [0.717, 1.165) is 5.69 Å². The van der Waals surface area contributed by atoms with Crippen molar-refractivity contribution in [2.45, 2.75) is 37.2 Å². The van der Waals surface area contributed by atoms with E-state index in [-0.39, 0.29) is 17.3 Å². The number of nitrogens with zero attached hydrogens (tertiary/aromatic N) is 2. The lowest BCUT2D eigenvalue weighted by molar-refractivity contribution is -0.124. The summed E-state index contributed by atoms with van der Waals surface area (Å²) in [4.78, 5) is 17.0. The Balaban J connectivity index is 1.79. The summed E-state index contributed by atoms with van der Waals surface area (Å²) in [5.41, 5.74) is 1.34. The molecule has 7 nitrogen and oxygen atoms in total. The van der Waals surface area contributed by atoms with Crippen LogP contribution in [0.4, 0.5) is 0 Å². The van der Waals surface area contributed by atoms with Crippen LogP contribution in [-0.4, -0.2) is 43.3 Å². The van der Waals surface area contributed by atoms with Gasteiger partial charge >= 0.3 is 0 Å². The summed E-state index contributed by atoms with van der Waals surface area (Å²) in [5, 5.41) is 2.80. The van der Waals surface area contributed by atoms with E-state index in [1.54, 1.807) is 31.3 Å². The van der Waals surface area contributed by atoms with Crippen molar-refractivity contribution in [3.63, 3.8) is 0 Å². The van der Waals surface area contributed by atoms with Crippen LogP contribution in [0, 0.1) is 6.92 Å². The molecule has 0 radical (unpaired) electrons. The van der Waals surface area contributed by atoms with E-state index in [9.17, 15) is 13.2 Å². The van der Waals surface area contributed by atoms with Crippen LogP contribution >= 0.6 is 0 Å². The second-order valence-corrected chi connectivity index (χ2v) is 8.30. The topological polar surface area (TPSA) is 88.6 Å². The van der Waals surface area contributed by atoms with Gasteiger partial charge in [-0.2, -0.15) is 4.31 Å². The van der Waals surface area contributed by atoms with Gasteiger partial charge in [0.05, 0.1) is 24.2 Å². The number of aromatic nitrogens is 1. The van der Waals surface area contributed by atoms with Gasteiger partial charge in [0, 0.05) is 18.8 Å². The molecular weight excluding hydrogens is 366 g/mol. The van der Waals surface area contributed by atoms with E-state index in [0.29, 0.717) is 30.7 Å². The van der Waals surface area contributed by atoms with Gasteiger partial charge in [0.15, 0.2) is 0 Å². The lowest BCUT2D eigenvalue weighted by Gasteiger charge is -2.24. The Bertz CT molecular complexity index is 916. The van der Waals surface area contributed by atoms with E-state index in [4.69, 9.17) is 4.74 Å². The third kappa shape index (κ3) is 4.12.